The maximum absolute atomic E-state index is 12.8. The molecule has 4 bridgehead atoms. The van der Waals surface area contributed by atoms with Gasteiger partial charge in [0.25, 0.3) is 0 Å². The van der Waals surface area contributed by atoms with E-state index in [1.165, 1.54) is 19.3 Å². The van der Waals surface area contributed by atoms with Crippen molar-refractivity contribution in [3.8, 4) is 0 Å². The minimum Gasteiger partial charge on any atom is -0.458 e. The summed E-state index contributed by atoms with van der Waals surface area (Å²) in [7, 11) is 0. The summed E-state index contributed by atoms with van der Waals surface area (Å²) >= 11 is 0. The first-order chi connectivity index (χ1) is 13.7. The van der Waals surface area contributed by atoms with Crippen LogP contribution >= 0.6 is 0 Å². The van der Waals surface area contributed by atoms with Gasteiger partial charge in [0.15, 0.2) is 0 Å². The molecular formula is C25H27NO2. The molecule has 0 radical (unpaired) electrons. The number of hydrogen-bond donors (Lipinski definition) is 0. The second kappa shape index (κ2) is 7.20. The average molecular weight is 373 g/mol. The SMILES string of the molecule is O=C(CN=C(c1ccccc1)c1ccccc1)OC12CC3CC(CC(C3)C1)C2. The molecule has 28 heavy (non-hydrogen) atoms. The summed E-state index contributed by atoms with van der Waals surface area (Å²) in [6.45, 7) is 0.0842. The largest absolute Gasteiger partial charge is 0.458 e. The van der Waals surface area contributed by atoms with Crippen LogP contribution in [0.5, 0.6) is 0 Å². The molecule has 2 aromatic carbocycles. The molecule has 0 saturated heterocycles. The molecule has 2 aromatic rings. The monoisotopic (exact) mass is 373 g/mol. The lowest BCUT2D eigenvalue weighted by molar-refractivity contribution is -0.184. The predicted molar refractivity (Wildman–Crippen MR) is 110 cm³/mol. The summed E-state index contributed by atoms with van der Waals surface area (Å²) in [6, 6.07) is 20.1. The Hall–Kier alpha value is -2.42. The summed E-state index contributed by atoms with van der Waals surface area (Å²) in [5.41, 5.74) is 2.71. The smallest absolute Gasteiger partial charge is 0.328 e. The van der Waals surface area contributed by atoms with Crippen LogP contribution in [0.4, 0.5) is 0 Å². The zero-order chi connectivity index (χ0) is 19.0. The predicted octanol–water partition coefficient (Wildman–Crippen LogP) is 5.04. The van der Waals surface area contributed by atoms with Crippen LogP contribution in [0.2, 0.25) is 0 Å². The first kappa shape index (κ1) is 17.7. The molecule has 3 heteroatoms. The van der Waals surface area contributed by atoms with Gasteiger partial charge >= 0.3 is 5.97 Å². The number of ether oxygens (including phenoxy) is 1. The molecule has 4 saturated carbocycles. The lowest BCUT2D eigenvalue weighted by Crippen LogP contribution is -2.53. The van der Waals surface area contributed by atoms with Crippen molar-refractivity contribution in [2.75, 3.05) is 6.54 Å². The number of carbonyl (C=O) groups excluding carboxylic acids is 1. The third kappa shape index (κ3) is 3.50. The summed E-state index contributed by atoms with van der Waals surface area (Å²) in [4.78, 5) is 17.5. The van der Waals surface area contributed by atoms with Crippen molar-refractivity contribution in [1.29, 1.82) is 0 Å². The van der Waals surface area contributed by atoms with Crippen molar-refractivity contribution in [2.24, 2.45) is 22.7 Å². The Morgan fingerprint density at radius 3 is 1.75 bits per heavy atom. The van der Waals surface area contributed by atoms with Crippen LogP contribution in [0.25, 0.3) is 0 Å². The minimum atomic E-state index is -0.193. The molecule has 0 aromatic heterocycles. The first-order valence-electron chi connectivity index (χ1n) is 10.6. The third-order valence-electron chi connectivity index (χ3n) is 6.77. The second-order valence-electron chi connectivity index (χ2n) is 8.97. The highest BCUT2D eigenvalue weighted by Crippen LogP contribution is 2.57. The minimum absolute atomic E-state index is 0.0842. The van der Waals surface area contributed by atoms with Gasteiger partial charge in [0.05, 0.1) is 5.71 Å². The van der Waals surface area contributed by atoms with Crippen LogP contribution in [-0.4, -0.2) is 23.8 Å². The number of carbonyl (C=O) groups is 1. The molecule has 0 heterocycles. The van der Waals surface area contributed by atoms with Gasteiger partial charge in [-0.25, -0.2) is 0 Å². The van der Waals surface area contributed by atoms with Gasteiger partial charge in [0, 0.05) is 11.1 Å². The molecular weight excluding hydrogens is 346 g/mol. The van der Waals surface area contributed by atoms with Gasteiger partial charge in [-0.05, 0) is 56.3 Å². The van der Waals surface area contributed by atoms with E-state index >= 15 is 0 Å². The Kier molecular flexibility index (Phi) is 4.54. The molecule has 0 spiro atoms. The Balaban J connectivity index is 1.34. The van der Waals surface area contributed by atoms with E-state index in [0.717, 1.165) is 53.9 Å². The van der Waals surface area contributed by atoms with Gasteiger partial charge in [-0.2, -0.15) is 0 Å². The Labute approximate surface area is 166 Å². The van der Waals surface area contributed by atoms with Crippen molar-refractivity contribution in [3.05, 3.63) is 71.8 Å². The highest BCUT2D eigenvalue weighted by molar-refractivity contribution is 6.13. The maximum atomic E-state index is 12.8. The Morgan fingerprint density at radius 1 is 0.821 bits per heavy atom. The Bertz CT molecular complexity index is 795. The number of rotatable bonds is 5. The van der Waals surface area contributed by atoms with Crippen molar-refractivity contribution >= 4 is 11.7 Å². The van der Waals surface area contributed by atoms with Gasteiger partial charge in [0.2, 0.25) is 0 Å². The van der Waals surface area contributed by atoms with Crippen LogP contribution in [-0.2, 0) is 9.53 Å². The van der Waals surface area contributed by atoms with Gasteiger partial charge in [-0.15, -0.1) is 0 Å². The first-order valence-corrected chi connectivity index (χ1v) is 10.6. The Morgan fingerprint density at radius 2 is 1.29 bits per heavy atom. The molecule has 0 atom stereocenters. The summed E-state index contributed by atoms with van der Waals surface area (Å²) < 4.78 is 6.13. The highest BCUT2D eigenvalue weighted by Gasteiger charge is 2.53. The second-order valence-corrected chi connectivity index (χ2v) is 8.97. The van der Waals surface area contributed by atoms with Crippen molar-refractivity contribution in [1.82, 2.24) is 0 Å². The van der Waals surface area contributed by atoms with Crippen molar-refractivity contribution in [2.45, 2.75) is 44.1 Å². The molecule has 3 nitrogen and oxygen atoms in total. The fourth-order valence-corrected chi connectivity index (χ4v) is 6.11. The highest BCUT2D eigenvalue weighted by atomic mass is 16.6. The third-order valence-corrected chi connectivity index (χ3v) is 6.77. The van der Waals surface area contributed by atoms with Crippen molar-refractivity contribution < 1.29 is 9.53 Å². The average Bonchev–Trinajstić information content (AvgIpc) is 2.68. The summed E-state index contributed by atoms with van der Waals surface area (Å²) in [5.74, 6) is 2.14. The van der Waals surface area contributed by atoms with E-state index in [-0.39, 0.29) is 18.1 Å². The normalized spacial score (nSPS) is 30.1. The molecule has 144 valence electrons. The number of aliphatic imine (C=N–C) groups is 1. The molecule has 4 aliphatic carbocycles. The van der Waals surface area contributed by atoms with Crippen LogP contribution < -0.4 is 0 Å². The fraction of sp³-hybridized carbons (Fsp3) is 0.440. The number of hydrogen-bond acceptors (Lipinski definition) is 3. The summed E-state index contributed by atoms with van der Waals surface area (Å²) in [5, 5.41) is 0. The quantitative estimate of drug-likeness (QED) is 0.544. The van der Waals surface area contributed by atoms with E-state index in [1.807, 2.05) is 60.7 Å². The summed E-state index contributed by atoms with van der Waals surface area (Å²) in [6.07, 6.45) is 7.25. The van der Waals surface area contributed by atoms with E-state index in [9.17, 15) is 4.79 Å². The van der Waals surface area contributed by atoms with Crippen LogP contribution in [0, 0.1) is 17.8 Å². The van der Waals surface area contributed by atoms with E-state index in [2.05, 4.69) is 0 Å². The molecule has 0 aliphatic heterocycles. The lowest BCUT2D eigenvalue weighted by atomic mass is 9.54. The van der Waals surface area contributed by atoms with E-state index in [0.29, 0.717) is 0 Å². The van der Waals surface area contributed by atoms with Gasteiger partial charge < -0.3 is 4.74 Å². The molecule has 0 unspecified atom stereocenters. The standard InChI is InChI=1S/C25H27NO2/c27-23(28-25-14-18-11-19(15-25)13-20(12-18)16-25)17-26-24(21-7-3-1-4-8-21)22-9-5-2-6-10-22/h1-10,18-20H,11-17H2. The van der Waals surface area contributed by atoms with Gasteiger partial charge in [-0.1, -0.05) is 60.7 Å². The van der Waals surface area contributed by atoms with E-state index in [4.69, 9.17) is 9.73 Å². The van der Waals surface area contributed by atoms with Gasteiger partial charge in [0.1, 0.15) is 12.1 Å². The molecule has 4 aliphatic rings. The van der Waals surface area contributed by atoms with Crippen LogP contribution in [0.1, 0.15) is 49.7 Å². The number of benzene rings is 2. The topological polar surface area (TPSA) is 38.7 Å². The zero-order valence-corrected chi connectivity index (χ0v) is 16.2. The number of esters is 1. The molecule has 0 amide bonds. The maximum Gasteiger partial charge on any atom is 0.328 e. The van der Waals surface area contributed by atoms with Crippen molar-refractivity contribution in [3.63, 3.8) is 0 Å². The molecule has 0 N–H and O–H groups in total. The van der Waals surface area contributed by atoms with Crippen LogP contribution in [0.15, 0.2) is 65.7 Å². The lowest BCUT2D eigenvalue weighted by Gasteiger charge is -2.55. The molecule has 4 fully saturated rings. The number of nitrogens with zero attached hydrogens (tertiary/aromatic N) is 1. The van der Waals surface area contributed by atoms with E-state index in [1.54, 1.807) is 0 Å². The molecule has 6 rings (SSSR count). The zero-order valence-electron chi connectivity index (χ0n) is 16.2. The van der Waals surface area contributed by atoms with Crippen LogP contribution in [0.3, 0.4) is 0 Å². The fourth-order valence-electron chi connectivity index (χ4n) is 6.11. The van der Waals surface area contributed by atoms with E-state index < -0.39 is 0 Å². The van der Waals surface area contributed by atoms with Gasteiger partial charge in [-0.3, -0.25) is 9.79 Å².